The molecule has 1 fully saturated rings. The largest absolute Gasteiger partial charge is 0.377 e. The summed E-state index contributed by atoms with van der Waals surface area (Å²) in [6.45, 7) is 4.12. The number of para-hydroxylation sites is 1. The Kier molecular flexibility index (Phi) is 3.69. The van der Waals surface area contributed by atoms with Crippen molar-refractivity contribution in [2.24, 2.45) is 0 Å². The third kappa shape index (κ3) is 2.41. The lowest BCUT2D eigenvalue weighted by Crippen LogP contribution is -2.43. The number of benzene rings is 1. The summed E-state index contributed by atoms with van der Waals surface area (Å²) in [6, 6.07) is 7.71. The van der Waals surface area contributed by atoms with Gasteiger partial charge in [-0.15, -0.1) is 0 Å². The number of piperidine rings is 1. The van der Waals surface area contributed by atoms with Gasteiger partial charge in [-0.3, -0.25) is 9.89 Å². The molecule has 0 saturated carbocycles. The van der Waals surface area contributed by atoms with Crippen molar-refractivity contribution in [3.63, 3.8) is 0 Å². The summed E-state index contributed by atoms with van der Waals surface area (Å²) in [7, 11) is 0. The second-order valence-electron chi connectivity index (χ2n) is 5.09. The maximum absolute atomic E-state index is 12.6. The van der Waals surface area contributed by atoms with Crippen LogP contribution in [0.25, 0.3) is 10.9 Å². The number of nitrogens with zero attached hydrogens (tertiary/aromatic N) is 2. The predicted molar refractivity (Wildman–Crippen MR) is 76.6 cm³/mol. The Bertz CT molecular complexity index is 606. The molecule has 1 aromatic heterocycles. The van der Waals surface area contributed by atoms with E-state index >= 15 is 0 Å². The number of fused-ring (bicyclic) bond motifs is 1. The number of likely N-dealkylation sites (tertiary alicyclic amines) is 1. The number of amides is 1. The van der Waals surface area contributed by atoms with Gasteiger partial charge in [-0.2, -0.15) is 5.10 Å². The zero-order valence-corrected chi connectivity index (χ0v) is 11.6. The molecule has 106 valence electrons. The van der Waals surface area contributed by atoms with Crippen molar-refractivity contribution in [3.8, 4) is 0 Å². The normalized spacial score (nSPS) is 19.4. The van der Waals surface area contributed by atoms with Crippen LogP contribution < -0.4 is 0 Å². The van der Waals surface area contributed by atoms with Crippen LogP contribution in [0.4, 0.5) is 0 Å². The zero-order valence-electron chi connectivity index (χ0n) is 11.6. The van der Waals surface area contributed by atoms with Gasteiger partial charge in [-0.1, -0.05) is 18.2 Å². The lowest BCUT2D eigenvalue weighted by molar-refractivity contribution is 0.00710. The Morgan fingerprint density at radius 1 is 1.50 bits per heavy atom. The Hall–Kier alpha value is -1.88. The summed E-state index contributed by atoms with van der Waals surface area (Å²) in [6.07, 6.45) is 2.17. The molecule has 0 aliphatic carbocycles. The van der Waals surface area contributed by atoms with E-state index in [0.29, 0.717) is 18.8 Å². The maximum atomic E-state index is 12.6. The van der Waals surface area contributed by atoms with Gasteiger partial charge in [0.15, 0.2) is 5.69 Å². The molecule has 1 atom stereocenters. The second-order valence-corrected chi connectivity index (χ2v) is 5.09. The molecule has 0 spiro atoms. The van der Waals surface area contributed by atoms with Crippen LogP contribution in [0.1, 0.15) is 30.3 Å². The van der Waals surface area contributed by atoms with E-state index < -0.39 is 0 Å². The van der Waals surface area contributed by atoms with Crippen molar-refractivity contribution >= 4 is 16.8 Å². The molecule has 2 heterocycles. The number of carbonyl (C=O) groups is 1. The predicted octanol–water partition coefficient (Wildman–Crippen LogP) is 2.20. The van der Waals surface area contributed by atoms with Crippen LogP contribution >= 0.6 is 0 Å². The highest BCUT2D eigenvalue weighted by Gasteiger charge is 2.27. The fourth-order valence-electron chi connectivity index (χ4n) is 2.77. The first-order valence-corrected chi connectivity index (χ1v) is 7.13. The van der Waals surface area contributed by atoms with Crippen LogP contribution in [-0.2, 0) is 4.74 Å². The highest BCUT2D eigenvalue weighted by Crippen LogP contribution is 2.20. The zero-order chi connectivity index (χ0) is 13.9. The minimum Gasteiger partial charge on any atom is -0.377 e. The van der Waals surface area contributed by atoms with Gasteiger partial charge in [0.2, 0.25) is 0 Å². The number of ether oxygens (including phenoxy) is 1. The average molecular weight is 273 g/mol. The molecule has 1 saturated heterocycles. The number of aromatic nitrogens is 2. The van der Waals surface area contributed by atoms with Gasteiger partial charge in [0.25, 0.3) is 5.91 Å². The number of rotatable bonds is 3. The molecule has 20 heavy (non-hydrogen) atoms. The van der Waals surface area contributed by atoms with Gasteiger partial charge in [0.05, 0.1) is 11.6 Å². The van der Waals surface area contributed by atoms with Crippen LogP contribution in [0.15, 0.2) is 24.3 Å². The summed E-state index contributed by atoms with van der Waals surface area (Å²) in [4.78, 5) is 14.5. The van der Waals surface area contributed by atoms with E-state index in [1.54, 1.807) is 0 Å². The third-order valence-electron chi connectivity index (χ3n) is 3.74. The minimum absolute atomic E-state index is 0.00754. The van der Waals surface area contributed by atoms with E-state index in [1.165, 1.54) is 0 Å². The van der Waals surface area contributed by atoms with Crippen molar-refractivity contribution in [2.75, 3.05) is 19.7 Å². The summed E-state index contributed by atoms with van der Waals surface area (Å²) in [5.74, 6) is -0.00754. The quantitative estimate of drug-likeness (QED) is 0.932. The van der Waals surface area contributed by atoms with Crippen LogP contribution in [0.5, 0.6) is 0 Å². The van der Waals surface area contributed by atoms with Gasteiger partial charge >= 0.3 is 0 Å². The first kappa shape index (κ1) is 13.1. The molecule has 1 aliphatic heterocycles. The van der Waals surface area contributed by atoms with Crippen molar-refractivity contribution in [3.05, 3.63) is 30.0 Å². The Morgan fingerprint density at radius 3 is 3.20 bits per heavy atom. The average Bonchev–Trinajstić information content (AvgIpc) is 2.91. The smallest absolute Gasteiger partial charge is 0.275 e. The molecule has 0 radical (unpaired) electrons. The highest BCUT2D eigenvalue weighted by molar-refractivity contribution is 6.04. The van der Waals surface area contributed by atoms with Crippen LogP contribution in [0.3, 0.4) is 0 Å². The second kappa shape index (κ2) is 5.63. The fraction of sp³-hybridized carbons (Fsp3) is 0.467. The van der Waals surface area contributed by atoms with Crippen molar-refractivity contribution < 1.29 is 9.53 Å². The van der Waals surface area contributed by atoms with Crippen LogP contribution in [-0.4, -0.2) is 46.8 Å². The van der Waals surface area contributed by atoms with E-state index in [1.807, 2.05) is 36.1 Å². The van der Waals surface area contributed by atoms with Crippen LogP contribution in [0.2, 0.25) is 0 Å². The molecule has 3 rings (SSSR count). The van der Waals surface area contributed by atoms with Gasteiger partial charge in [-0.25, -0.2) is 0 Å². The summed E-state index contributed by atoms with van der Waals surface area (Å²) < 4.78 is 5.65. The maximum Gasteiger partial charge on any atom is 0.275 e. The molecule has 5 nitrogen and oxygen atoms in total. The Labute approximate surface area is 117 Å². The third-order valence-corrected chi connectivity index (χ3v) is 3.74. The Morgan fingerprint density at radius 2 is 2.35 bits per heavy atom. The Balaban J connectivity index is 1.81. The van der Waals surface area contributed by atoms with E-state index in [0.717, 1.165) is 30.3 Å². The molecular weight excluding hydrogens is 254 g/mol. The van der Waals surface area contributed by atoms with Gasteiger partial charge < -0.3 is 9.64 Å². The van der Waals surface area contributed by atoms with E-state index in [9.17, 15) is 4.79 Å². The molecule has 0 unspecified atom stereocenters. The fourth-order valence-corrected chi connectivity index (χ4v) is 2.77. The number of H-pyrrole nitrogens is 1. The number of hydrogen-bond donors (Lipinski definition) is 1. The first-order chi connectivity index (χ1) is 9.79. The molecule has 0 bridgehead atoms. The van der Waals surface area contributed by atoms with Gasteiger partial charge in [-0.05, 0) is 25.8 Å². The number of carbonyl (C=O) groups excluding carboxylic acids is 1. The SMILES string of the molecule is CCO[C@H]1CCCN(C(=O)c2n[nH]c3ccccc23)C1. The van der Waals surface area contributed by atoms with Gasteiger partial charge in [0.1, 0.15) is 0 Å². The molecule has 1 amide bonds. The van der Waals surface area contributed by atoms with Crippen molar-refractivity contribution in [1.29, 1.82) is 0 Å². The molecule has 1 aromatic carbocycles. The molecular formula is C15H19N3O2. The van der Waals surface area contributed by atoms with Crippen molar-refractivity contribution in [1.82, 2.24) is 15.1 Å². The molecule has 1 aliphatic rings. The first-order valence-electron chi connectivity index (χ1n) is 7.13. The number of hydrogen-bond acceptors (Lipinski definition) is 3. The van der Waals surface area contributed by atoms with Gasteiger partial charge in [0, 0.05) is 25.1 Å². The molecule has 2 aromatic rings. The molecule has 1 N–H and O–H groups in total. The minimum atomic E-state index is -0.00754. The van der Waals surface area contributed by atoms with Crippen LogP contribution in [0, 0.1) is 0 Å². The number of aromatic amines is 1. The van der Waals surface area contributed by atoms with E-state index in [-0.39, 0.29) is 12.0 Å². The summed E-state index contributed by atoms with van der Waals surface area (Å²) in [5, 5.41) is 7.99. The lowest BCUT2D eigenvalue weighted by atomic mass is 10.1. The monoisotopic (exact) mass is 273 g/mol. The summed E-state index contributed by atoms with van der Waals surface area (Å²) >= 11 is 0. The van der Waals surface area contributed by atoms with E-state index in [4.69, 9.17) is 4.74 Å². The highest BCUT2D eigenvalue weighted by atomic mass is 16.5. The van der Waals surface area contributed by atoms with Crippen molar-refractivity contribution in [2.45, 2.75) is 25.9 Å². The summed E-state index contributed by atoms with van der Waals surface area (Å²) in [5.41, 5.74) is 1.41. The topological polar surface area (TPSA) is 58.2 Å². The molecule has 5 heteroatoms. The van der Waals surface area contributed by atoms with E-state index in [2.05, 4.69) is 10.2 Å². The lowest BCUT2D eigenvalue weighted by Gasteiger charge is -2.32. The standard InChI is InChI=1S/C15H19N3O2/c1-2-20-11-6-5-9-18(10-11)15(19)14-12-7-3-4-8-13(12)16-17-14/h3-4,7-8,11H,2,5-6,9-10H2,1H3,(H,16,17)/t11-/m0/s1. The number of nitrogens with one attached hydrogen (secondary N) is 1.